The van der Waals surface area contributed by atoms with Gasteiger partial charge >= 0.3 is 0 Å². The fraction of sp³-hybridized carbons (Fsp3) is 0.600. The van der Waals surface area contributed by atoms with E-state index in [9.17, 15) is 5.11 Å². The molecule has 2 rings (SSSR count). The van der Waals surface area contributed by atoms with Crippen molar-refractivity contribution in [2.75, 3.05) is 20.2 Å². The van der Waals surface area contributed by atoms with Crippen molar-refractivity contribution < 1.29 is 9.84 Å². The standard InChI is InChI=1S/C15H23NO2/c1-12(16-10-9-15(11-16)18-2)3-4-13-5-7-14(17)8-6-13/h5-8,12,15,17H,3-4,9-11H2,1-2H3. The van der Waals surface area contributed by atoms with Gasteiger partial charge in [0.2, 0.25) is 0 Å². The predicted molar refractivity (Wildman–Crippen MR) is 72.9 cm³/mol. The summed E-state index contributed by atoms with van der Waals surface area (Å²) in [5.41, 5.74) is 1.29. The van der Waals surface area contributed by atoms with Gasteiger partial charge in [0.15, 0.2) is 0 Å². The van der Waals surface area contributed by atoms with Crippen LogP contribution in [0.3, 0.4) is 0 Å². The van der Waals surface area contributed by atoms with Gasteiger partial charge in [0.25, 0.3) is 0 Å². The average Bonchev–Trinajstić information content (AvgIpc) is 2.86. The molecule has 3 heteroatoms. The number of methoxy groups -OCH3 is 1. The number of aromatic hydroxyl groups is 1. The number of ether oxygens (including phenoxy) is 1. The minimum atomic E-state index is 0.342. The number of phenols is 1. The minimum absolute atomic E-state index is 0.342. The lowest BCUT2D eigenvalue weighted by atomic mass is 10.1. The second-order valence-electron chi connectivity index (χ2n) is 5.20. The first-order chi connectivity index (χ1) is 8.69. The largest absolute Gasteiger partial charge is 0.508 e. The Morgan fingerprint density at radius 1 is 1.39 bits per heavy atom. The Hall–Kier alpha value is -1.06. The summed E-state index contributed by atoms with van der Waals surface area (Å²) >= 11 is 0. The molecule has 0 spiro atoms. The topological polar surface area (TPSA) is 32.7 Å². The fourth-order valence-corrected chi connectivity index (χ4v) is 2.57. The summed E-state index contributed by atoms with van der Waals surface area (Å²) in [7, 11) is 1.80. The van der Waals surface area contributed by atoms with E-state index < -0.39 is 0 Å². The van der Waals surface area contributed by atoms with Crippen molar-refractivity contribution in [3.63, 3.8) is 0 Å². The normalized spacial score (nSPS) is 22.2. The van der Waals surface area contributed by atoms with Crippen LogP contribution >= 0.6 is 0 Å². The third-order valence-corrected chi connectivity index (χ3v) is 3.92. The highest BCUT2D eigenvalue weighted by Gasteiger charge is 2.25. The van der Waals surface area contributed by atoms with Gasteiger partial charge in [0.05, 0.1) is 6.10 Å². The van der Waals surface area contributed by atoms with Crippen LogP contribution in [0.25, 0.3) is 0 Å². The second-order valence-corrected chi connectivity index (χ2v) is 5.20. The van der Waals surface area contributed by atoms with Crippen LogP contribution in [-0.4, -0.2) is 42.4 Å². The zero-order chi connectivity index (χ0) is 13.0. The SMILES string of the molecule is COC1CCN(C(C)CCc2ccc(O)cc2)C1. The number of benzene rings is 1. The van der Waals surface area contributed by atoms with Crippen LogP contribution in [-0.2, 0) is 11.2 Å². The number of aryl methyl sites for hydroxylation is 1. The number of likely N-dealkylation sites (tertiary alicyclic amines) is 1. The van der Waals surface area contributed by atoms with E-state index in [-0.39, 0.29) is 0 Å². The smallest absolute Gasteiger partial charge is 0.115 e. The Bertz CT molecular complexity index is 363. The van der Waals surface area contributed by atoms with E-state index in [0.29, 0.717) is 17.9 Å². The van der Waals surface area contributed by atoms with Gasteiger partial charge in [-0.3, -0.25) is 4.90 Å². The van der Waals surface area contributed by atoms with E-state index in [0.717, 1.165) is 32.4 Å². The summed E-state index contributed by atoms with van der Waals surface area (Å²) in [5.74, 6) is 0.342. The monoisotopic (exact) mass is 249 g/mol. The molecule has 100 valence electrons. The first kappa shape index (κ1) is 13.4. The molecule has 0 bridgehead atoms. The van der Waals surface area contributed by atoms with Crippen molar-refractivity contribution in [2.45, 2.75) is 38.3 Å². The van der Waals surface area contributed by atoms with Crippen molar-refractivity contribution in [1.29, 1.82) is 0 Å². The maximum Gasteiger partial charge on any atom is 0.115 e. The van der Waals surface area contributed by atoms with Crippen LogP contribution in [0, 0.1) is 0 Å². The van der Waals surface area contributed by atoms with E-state index in [1.54, 1.807) is 19.2 Å². The van der Waals surface area contributed by atoms with E-state index >= 15 is 0 Å². The highest BCUT2D eigenvalue weighted by Crippen LogP contribution is 2.18. The molecule has 18 heavy (non-hydrogen) atoms. The zero-order valence-electron chi connectivity index (χ0n) is 11.3. The molecule has 3 nitrogen and oxygen atoms in total. The van der Waals surface area contributed by atoms with Gasteiger partial charge in [-0.1, -0.05) is 12.1 Å². The number of hydrogen-bond acceptors (Lipinski definition) is 3. The van der Waals surface area contributed by atoms with Crippen LogP contribution in [0.2, 0.25) is 0 Å². The van der Waals surface area contributed by atoms with Crippen LogP contribution in [0.4, 0.5) is 0 Å². The lowest BCUT2D eigenvalue weighted by molar-refractivity contribution is 0.101. The summed E-state index contributed by atoms with van der Waals surface area (Å²) < 4.78 is 5.40. The van der Waals surface area contributed by atoms with E-state index in [1.165, 1.54) is 5.56 Å². The molecule has 0 amide bonds. The van der Waals surface area contributed by atoms with Gasteiger partial charge in [-0.05, 0) is 43.9 Å². The molecule has 2 unspecified atom stereocenters. The Morgan fingerprint density at radius 3 is 2.72 bits per heavy atom. The molecule has 2 atom stereocenters. The van der Waals surface area contributed by atoms with Crippen LogP contribution < -0.4 is 0 Å². The maximum atomic E-state index is 9.24. The summed E-state index contributed by atoms with van der Waals surface area (Å²) in [6, 6.07) is 8.13. The van der Waals surface area contributed by atoms with Crippen LogP contribution in [0.15, 0.2) is 24.3 Å². The highest BCUT2D eigenvalue weighted by atomic mass is 16.5. The molecule has 1 N–H and O–H groups in total. The lowest BCUT2D eigenvalue weighted by Gasteiger charge is -2.24. The van der Waals surface area contributed by atoms with Gasteiger partial charge in [0, 0.05) is 26.2 Å². The first-order valence-electron chi connectivity index (χ1n) is 6.74. The predicted octanol–water partition coefficient (Wildman–Crippen LogP) is 2.43. The van der Waals surface area contributed by atoms with Gasteiger partial charge < -0.3 is 9.84 Å². The fourth-order valence-electron chi connectivity index (χ4n) is 2.57. The van der Waals surface area contributed by atoms with Crippen molar-refractivity contribution in [3.8, 4) is 5.75 Å². The number of nitrogens with zero attached hydrogens (tertiary/aromatic N) is 1. The third-order valence-electron chi connectivity index (χ3n) is 3.92. The second kappa shape index (κ2) is 6.21. The Balaban J connectivity index is 1.78. The van der Waals surface area contributed by atoms with Crippen molar-refractivity contribution in [2.24, 2.45) is 0 Å². The zero-order valence-corrected chi connectivity index (χ0v) is 11.3. The van der Waals surface area contributed by atoms with E-state index in [4.69, 9.17) is 4.74 Å². The van der Waals surface area contributed by atoms with E-state index in [2.05, 4.69) is 11.8 Å². The van der Waals surface area contributed by atoms with E-state index in [1.807, 2.05) is 12.1 Å². The summed E-state index contributed by atoms with van der Waals surface area (Å²) in [4.78, 5) is 2.51. The number of hydrogen-bond donors (Lipinski definition) is 1. The Morgan fingerprint density at radius 2 is 2.11 bits per heavy atom. The average molecular weight is 249 g/mol. The summed E-state index contributed by atoms with van der Waals surface area (Å²) in [6.45, 7) is 4.50. The molecular formula is C15H23NO2. The molecule has 1 saturated heterocycles. The third kappa shape index (κ3) is 3.47. The van der Waals surface area contributed by atoms with Gasteiger partial charge in [-0.2, -0.15) is 0 Å². The molecule has 1 heterocycles. The molecule has 0 aromatic heterocycles. The van der Waals surface area contributed by atoms with Gasteiger partial charge in [-0.25, -0.2) is 0 Å². The first-order valence-corrected chi connectivity index (χ1v) is 6.74. The summed E-state index contributed by atoms with van der Waals surface area (Å²) in [6.07, 6.45) is 3.79. The maximum absolute atomic E-state index is 9.24. The van der Waals surface area contributed by atoms with Crippen molar-refractivity contribution in [3.05, 3.63) is 29.8 Å². The van der Waals surface area contributed by atoms with Crippen molar-refractivity contribution >= 4 is 0 Å². The number of rotatable bonds is 5. The molecular weight excluding hydrogens is 226 g/mol. The molecule has 1 fully saturated rings. The Labute approximate surface area is 109 Å². The quantitative estimate of drug-likeness (QED) is 0.870. The molecule has 0 aliphatic carbocycles. The summed E-state index contributed by atoms with van der Waals surface area (Å²) in [5, 5.41) is 9.24. The molecule has 1 aliphatic rings. The molecule has 1 aliphatic heterocycles. The molecule has 1 aromatic rings. The van der Waals surface area contributed by atoms with Gasteiger partial charge in [-0.15, -0.1) is 0 Å². The number of phenolic OH excluding ortho intramolecular Hbond substituents is 1. The van der Waals surface area contributed by atoms with Crippen LogP contribution in [0.5, 0.6) is 5.75 Å². The lowest BCUT2D eigenvalue weighted by Crippen LogP contribution is -2.32. The molecule has 0 radical (unpaired) electrons. The van der Waals surface area contributed by atoms with Crippen LogP contribution in [0.1, 0.15) is 25.3 Å². The molecule has 0 saturated carbocycles. The highest BCUT2D eigenvalue weighted by molar-refractivity contribution is 5.25. The van der Waals surface area contributed by atoms with Crippen molar-refractivity contribution in [1.82, 2.24) is 4.90 Å². The molecule has 1 aromatic carbocycles. The minimum Gasteiger partial charge on any atom is -0.508 e. The Kier molecular flexibility index (Phi) is 4.61. The van der Waals surface area contributed by atoms with Gasteiger partial charge in [0.1, 0.15) is 5.75 Å².